The summed E-state index contributed by atoms with van der Waals surface area (Å²) >= 11 is 10.4. The number of hydrogen-bond acceptors (Lipinski definition) is 3. The molecule has 104 valence electrons. The van der Waals surface area contributed by atoms with Gasteiger partial charge in [0.2, 0.25) is 0 Å². The second-order valence-corrected chi connectivity index (χ2v) is 7.34. The van der Waals surface area contributed by atoms with Gasteiger partial charge in [-0.05, 0) is 56.1 Å². The van der Waals surface area contributed by atoms with Crippen LogP contribution in [0.15, 0.2) is 43.9 Å². The largest absolute Gasteiger partial charge is 0.484 e. The van der Waals surface area contributed by atoms with Gasteiger partial charge in [-0.3, -0.25) is 4.98 Å². The van der Waals surface area contributed by atoms with Crippen molar-refractivity contribution >= 4 is 47.8 Å². The predicted molar refractivity (Wildman–Crippen MR) is 88.7 cm³/mol. The summed E-state index contributed by atoms with van der Waals surface area (Å²) in [5, 5.41) is 0. The molecule has 1 aliphatic heterocycles. The fraction of sp³-hybridized carbons (Fsp3) is 0.214. The summed E-state index contributed by atoms with van der Waals surface area (Å²) in [6.45, 7) is 0. The number of pyridine rings is 1. The number of aromatic nitrogens is 1. The minimum Gasteiger partial charge on any atom is -0.484 e. The summed E-state index contributed by atoms with van der Waals surface area (Å²) in [6, 6.07) is 7.82. The predicted octanol–water partition coefficient (Wildman–Crippen LogP) is 4.89. The van der Waals surface area contributed by atoms with Crippen LogP contribution in [0, 0.1) is 0 Å². The lowest BCUT2D eigenvalue weighted by Crippen LogP contribution is -2.25. The number of ether oxygens (including phenoxy) is 1. The number of nitrogens with zero attached hydrogens (tertiary/aromatic N) is 1. The average molecular weight is 463 g/mol. The van der Waals surface area contributed by atoms with Gasteiger partial charge in [-0.15, -0.1) is 0 Å². The molecule has 2 heterocycles. The maximum Gasteiger partial charge on any atom is 0.143 e. The van der Waals surface area contributed by atoms with E-state index in [0.717, 1.165) is 30.4 Å². The van der Waals surface area contributed by atoms with E-state index in [-0.39, 0.29) is 12.1 Å². The van der Waals surface area contributed by atoms with Gasteiger partial charge in [0.25, 0.3) is 0 Å². The fourth-order valence-electron chi connectivity index (χ4n) is 2.30. The molecule has 6 heteroatoms. The number of fused-ring (bicyclic) bond motifs is 1. The SMILES string of the molecule is N[C@@H]1CC(c2ncc(Br)cc2Br)Oc2ccc(Br)cc21. The Labute approximate surface area is 142 Å². The van der Waals surface area contributed by atoms with E-state index < -0.39 is 0 Å². The Morgan fingerprint density at radius 1 is 1.15 bits per heavy atom. The molecule has 0 fully saturated rings. The molecule has 0 bridgehead atoms. The molecular formula is C14H11Br3N2O. The summed E-state index contributed by atoms with van der Waals surface area (Å²) < 4.78 is 8.92. The first-order valence-electron chi connectivity index (χ1n) is 6.07. The molecule has 1 aliphatic rings. The maximum atomic E-state index is 6.27. The Kier molecular flexibility index (Phi) is 4.17. The zero-order valence-electron chi connectivity index (χ0n) is 10.3. The molecule has 1 aromatic carbocycles. The maximum absolute atomic E-state index is 6.27. The number of nitrogens with two attached hydrogens (primary N) is 1. The molecule has 3 rings (SSSR count). The van der Waals surface area contributed by atoms with Crippen LogP contribution in [0.5, 0.6) is 5.75 Å². The van der Waals surface area contributed by atoms with Crippen molar-refractivity contribution in [3.05, 3.63) is 55.1 Å². The average Bonchev–Trinajstić information content (AvgIpc) is 2.39. The van der Waals surface area contributed by atoms with Gasteiger partial charge in [0, 0.05) is 37.6 Å². The third kappa shape index (κ3) is 2.79. The van der Waals surface area contributed by atoms with Crippen molar-refractivity contribution in [2.75, 3.05) is 0 Å². The monoisotopic (exact) mass is 460 g/mol. The molecule has 2 atom stereocenters. The minimum absolute atomic E-state index is 0.0569. The van der Waals surface area contributed by atoms with Crippen molar-refractivity contribution in [1.29, 1.82) is 0 Å². The summed E-state index contributed by atoms with van der Waals surface area (Å²) in [4.78, 5) is 4.44. The highest BCUT2D eigenvalue weighted by atomic mass is 79.9. The van der Waals surface area contributed by atoms with Crippen LogP contribution in [0.1, 0.15) is 29.8 Å². The van der Waals surface area contributed by atoms with Crippen molar-refractivity contribution in [1.82, 2.24) is 4.98 Å². The summed E-state index contributed by atoms with van der Waals surface area (Å²) in [6.07, 6.45) is 2.34. The van der Waals surface area contributed by atoms with Gasteiger partial charge in [-0.2, -0.15) is 0 Å². The van der Waals surface area contributed by atoms with E-state index >= 15 is 0 Å². The molecule has 0 saturated heterocycles. The highest BCUT2D eigenvalue weighted by Gasteiger charge is 2.29. The van der Waals surface area contributed by atoms with Gasteiger partial charge in [0.15, 0.2) is 0 Å². The first-order chi connectivity index (χ1) is 9.54. The molecule has 2 N–H and O–H groups in total. The van der Waals surface area contributed by atoms with E-state index in [1.807, 2.05) is 24.3 Å². The van der Waals surface area contributed by atoms with Crippen molar-refractivity contribution < 1.29 is 4.74 Å². The van der Waals surface area contributed by atoms with Gasteiger partial charge < -0.3 is 10.5 Å². The molecule has 0 spiro atoms. The topological polar surface area (TPSA) is 48.1 Å². The van der Waals surface area contributed by atoms with E-state index in [1.165, 1.54) is 0 Å². The lowest BCUT2D eigenvalue weighted by Gasteiger charge is -2.30. The molecule has 0 radical (unpaired) electrons. The van der Waals surface area contributed by atoms with Gasteiger partial charge >= 0.3 is 0 Å². The van der Waals surface area contributed by atoms with Crippen LogP contribution in [-0.4, -0.2) is 4.98 Å². The molecule has 0 saturated carbocycles. The highest BCUT2D eigenvalue weighted by molar-refractivity contribution is 9.11. The van der Waals surface area contributed by atoms with E-state index in [4.69, 9.17) is 10.5 Å². The molecule has 2 aromatic rings. The van der Waals surface area contributed by atoms with Crippen LogP contribution in [0.4, 0.5) is 0 Å². The van der Waals surface area contributed by atoms with E-state index in [2.05, 4.69) is 52.8 Å². The standard InChI is InChI=1S/C14H11Br3N2O/c15-7-1-2-12-9(3-7)11(18)5-13(20-12)14-10(17)4-8(16)6-19-14/h1-4,6,11,13H,5,18H2/t11-,13?/m1/s1. The van der Waals surface area contributed by atoms with Gasteiger partial charge in [0.05, 0.1) is 5.69 Å². The number of hydrogen-bond donors (Lipinski definition) is 1. The molecule has 3 nitrogen and oxygen atoms in total. The molecule has 1 aromatic heterocycles. The van der Waals surface area contributed by atoms with Crippen LogP contribution < -0.4 is 10.5 Å². The van der Waals surface area contributed by atoms with Gasteiger partial charge in [-0.25, -0.2) is 0 Å². The Morgan fingerprint density at radius 3 is 2.70 bits per heavy atom. The van der Waals surface area contributed by atoms with Crippen molar-refractivity contribution in [3.63, 3.8) is 0 Å². The van der Waals surface area contributed by atoms with Crippen molar-refractivity contribution in [2.45, 2.75) is 18.6 Å². The lowest BCUT2D eigenvalue weighted by molar-refractivity contribution is 0.156. The fourth-order valence-corrected chi connectivity index (χ4v) is 3.93. The second-order valence-electron chi connectivity index (χ2n) is 4.65. The summed E-state index contributed by atoms with van der Waals surface area (Å²) in [5.41, 5.74) is 8.17. The summed E-state index contributed by atoms with van der Waals surface area (Å²) in [5.74, 6) is 0.827. The van der Waals surface area contributed by atoms with E-state index in [1.54, 1.807) is 6.20 Å². The second kappa shape index (κ2) is 5.75. The Hall–Kier alpha value is -0.430. The van der Waals surface area contributed by atoms with Crippen LogP contribution >= 0.6 is 47.8 Å². The van der Waals surface area contributed by atoms with Crippen LogP contribution in [-0.2, 0) is 0 Å². The molecule has 0 aliphatic carbocycles. The third-order valence-corrected chi connectivity index (χ3v) is 4.81. The Bertz CT molecular complexity index is 663. The van der Waals surface area contributed by atoms with Crippen molar-refractivity contribution in [2.24, 2.45) is 5.73 Å². The minimum atomic E-state index is -0.138. The molecule has 1 unspecified atom stereocenters. The third-order valence-electron chi connectivity index (χ3n) is 3.25. The van der Waals surface area contributed by atoms with Crippen molar-refractivity contribution in [3.8, 4) is 5.75 Å². The Balaban J connectivity index is 1.97. The quantitative estimate of drug-likeness (QED) is 0.656. The molecule has 20 heavy (non-hydrogen) atoms. The first-order valence-corrected chi connectivity index (χ1v) is 8.45. The summed E-state index contributed by atoms with van der Waals surface area (Å²) in [7, 11) is 0. The van der Waals surface area contributed by atoms with Crippen LogP contribution in [0.2, 0.25) is 0 Å². The number of benzene rings is 1. The zero-order valence-corrected chi connectivity index (χ0v) is 15.1. The number of halogens is 3. The van der Waals surface area contributed by atoms with E-state index in [9.17, 15) is 0 Å². The van der Waals surface area contributed by atoms with Gasteiger partial charge in [0.1, 0.15) is 11.9 Å². The highest BCUT2D eigenvalue weighted by Crippen LogP contribution is 2.41. The first kappa shape index (κ1) is 14.5. The number of rotatable bonds is 1. The Morgan fingerprint density at radius 2 is 1.95 bits per heavy atom. The zero-order chi connectivity index (χ0) is 14.3. The molecule has 0 amide bonds. The lowest BCUT2D eigenvalue weighted by atomic mass is 9.96. The van der Waals surface area contributed by atoms with E-state index in [0.29, 0.717) is 6.42 Å². The normalized spacial score (nSPS) is 21.2. The molecular weight excluding hydrogens is 452 g/mol. The smallest absolute Gasteiger partial charge is 0.143 e. The van der Waals surface area contributed by atoms with Gasteiger partial charge in [-0.1, -0.05) is 15.9 Å². The van der Waals surface area contributed by atoms with Crippen LogP contribution in [0.25, 0.3) is 0 Å². The van der Waals surface area contributed by atoms with Crippen LogP contribution in [0.3, 0.4) is 0 Å².